The van der Waals surface area contributed by atoms with Crippen LogP contribution >= 0.6 is 0 Å². The Labute approximate surface area is 262 Å². The molecule has 2 aromatic rings. The Morgan fingerprint density at radius 3 is 2.51 bits per heavy atom. The van der Waals surface area contributed by atoms with E-state index in [1.807, 2.05) is 7.05 Å². The molecule has 4 atom stereocenters. The monoisotopic (exact) mass is 625 g/mol. The predicted molar refractivity (Wildman–Crippen MR) is 164 cm³/mol. The van der Waals surface area contributed by atoms with Crippen LogP contribution in [0.1, 0.15) is 69.6 Å². The number of likely N-dealkylation sites (tertiary alicyclic amines) is 2. The lowest BCUT2D eigenvalue weighted by atomic mass is 9.82. The molecular formula is C33H44FN5O6. The number of halogens is 1. The summed E-state index contributed by atoms with van der Waals surface area (Å²) in [4.78, 5) is 46.9. The van der Waals surface area contributed by atoms with Crippen LogP contribution in [-0.2, 0) is 33.0 Å². The molecular weight excluding hydrogens is 581 g/mol. The highest BCUT2D eigenvalue weighted by Gasteiger charge is 2.52. The third kappa shape index (κ3) is 6.97. The fourth-order valence-corrected chi connectivity index (χ4v) is 6.93. The van der Waals surface area contributed by atoms with Gasteiger partial charge in [0.25, 0.3) is 0 Å². The number of nitrogens with one attached hydrogen (secondary N) is 1. The number of primary amides is 1. The van der Waals surface area contributed by atoms with Gasteiger partial charge < -0.3 is 30.9 Å². The fourth-order valence-electron chi connectivity index (χ4n) is 6.93. The first kappa shape index (κ1) is 32.8. The summed E-state index contributed by atoms with van der Waals surface area (Å²) >= 11 is 0. The number of hydrogen-bond acceptors (Lipinski definition) is 8. The van der Waals surface area contributed by atoms with Crippen molar-refractivity contribution in [3.8, 4) is 11.3 Å². The zero-order valence-corrected chi connectivity index (χ0v) is 26.4. The van der Waals surface area contributed by atoms with Gasteiger partial charge in [-0.2, -0.15) is 0 Å². The number of nitrogens with zero attached hydrogens (tertiary/aromatic N) is 3. The van der Waals surface area contributed by atoms with Crippen LogP contribution in [0.4, 0.5) is 9.18 Å². The maximum Gasteiger partial charge on any atom is 0.411 e. The van der Waals surface area contributed by atoms with Gasteiger partial charge in [0.15, 0.2) is 0 Å². The number of rotatable bonds is 8. The van der Waals surface area contributed by atoms with E-state index in [2.05, 4.69) is 15.2 Å². The van der Waals surface area contributed by atoms with Crippen LogP contribution in [0.3, 0.4) is 0 Å². The first-order chi connectivity index (χ1) is 21.2. The lowest BCUT2D eigenvalue weighted by Gasteiger charge is -2.38. The SMILES string of the molecule is CN1CCC(O)(c2cc(-c3ccc(C[C@H](NC(=O)[C@@H]4[C@H]5CC[C@H](C5)N4C(=O)OC(C)(C)C)C(N)=O)c(F)c3)ncc2CO)CC1. The highest BCUT2D eigenvalue weighted by molar-refractivity contribution is 5.91. The second-order valence-electron chi connectivity index (χ2n) is 13.8. The highest BCUT2D eigenvalue weighted by atomic mass is 19.1. The molecule has 11 nitrogen and oxygen atoms in total. The van der Waals surface area contributed by atoms with Crippen LogP contribution in [0.25, 0.3) is 11.3 Å². The van der Waals surface area contributed by atoms with E-state index in [1.165, 1.54) is 23.2 Å². The lowest BCUT2D eigenvalue weighted by Crippen LogP contribution is -2.57. The summed E-state index contributed by atoms with van der Waals surface area (Å²) in [5, 5.41) is 24.0. The molecule has 5 rings (SSSR count). The fraction of sp³-hybridized carbons (Fsp3) is 0.576. The van der Waals surface area contributed by atoms with E-state index >= 15 is 4.39 Å². The Morgan fingerprint density at radius 2 is 1.89 bits per heavy atom. The van der Waals surface area contributed by atoms with Crippen LogP contribution in [0.5, 0.6) is 0 Å². The Bertz CT molecular complexity index is 1450. The molecule has 5 N–H and O–H groups in total. The number of aliphatic hydroxyl groups is 2. The van der Waals surface area contributed by atoms with Crippen molar-refractivity contribution in [2.24, 2.45) is 11.7 Å². The second kappa shape index (κ2) is 12.6. The topological polar surface area (TPSA) is 158 Å². The first-order valence-corrected chi connectivity index (χ1v) is 15.6. The Morgan fingerprint density at radius 1 is 1.18 bits per heavy atom. The van der Waals surface area contributed by atoms with Crippen LogP contribution < -0.4 is 11.1 Å². The molecule has 1 aromatic heterocycles. The minimum atomic E-state index is -1.20. The predicted octanol–water partition coefficient (Wildman–Crippen LogP) is 2.59. The number of ether oxygens (including phenoxy) is 1. The molecule has 2 bridgehead atoms. The van der Waals surface area contributed by atoms with Gasteiger partial charge in [0, 0.05) is 42.9 Å². The van der Waals surface area contributed by atoms with Gasteiger partial charge in [-0.05, 0) is 89.1 Å². The van der Waals surface area contributed by atoms with Gasteiger partial charge in [-0.3, -0.25) is 19.5 Å². The van der Waals surface area contributed by atoms with E-state index in [0.717, 1.165) is 12.8 Å². The maximum atomic E-state index is 15.5. The van der Waals surface area contributed by atoms with Crippen molar-refractivity contribution in [1.29, 1.82) is 0 Å². The van der Waals surface area contributed by atoms with Gasteiger partial charge in [-0.25, -0.2) is 9.18 Å². The number of aliphatic hydroxyl groups excluding tert-OH is 1. The third-order valence-electron chi connectivity index (χ3n) is 9.36. The summed E-state index contributed by atoms with van der Waals surface area (Å²) in [6.07, 6.45) is 3.97. The zero-order valence-electron chi connectivity index (χ0n) is 26.4. The van der Waals surface area contributed by atoms with Gasteiger partial charge in [-0.1, -0.05) is 12.1 Å². The zero-order chi connectivity index (χ0) is 32.7. The van der Waals surface area contributed by atoms with Crippen molar-refractivity contribution in [3.05, 3.63) is 53.0 Å². The summed E-state index contributed by atoms with van der Waals surface area (Å²) in [7, 11) is 1.99. The molecule has 0 unspecified atom stereocenters. The summed E-state index contributed by atoms with van der Waals surface area (Å²) in [5.41, 5.74) is 5.93. The molecule has 0 radical (unpaired) electrons. The number of carbonyl (C=O) groups excluding carboxylic acids is 3. The van der Waals surface area contributed by atoms with E-state index in [1.54, 1.807) is 32.9 Å². The number of benzene rings is 1. The van der Waals surface area contributed by atoms with E-state index in [0.29, 0.717) is 54.7 Å². The highest BCUT2D eigenvalue weighted by Crippen LogP contribution is 2.43. The van der Waals surface area contributed by atoms with Gasteiger partial charge in [0.05, 0.1) is 17.9 Å². The Hall–Kier alpha value is -3.61. The average Bonchev–Trinajstić information content (AvgIpc) is 3.60. The quantitative estimate of drug-likeness (QED) is 0.349. The van der Waals surface area contributed by atoms with Gasteiger partial charge in [0.2, 0.25) is 11.8 Å². The molecule has 1 aromatic carbocycles. The third-order valence-corrected chi connectivity index (χ3v) is 9.36. The van der Waals surface area contributed by atoms with Crippen molar-refractivity contribution in [2.75, 3.05) is 20.1 Å². The second-order valence-corrected chi connectivity index (χ2v) is 13.8. The molecule has 1 saturated carbocycles. The van der Waals surface area contributed by atoms with Gasteiger partial charge >= 0.3 is 6.09 Å². The summed E-state index contributed by atoms with van der Waals surface area (Å²) < 4.78 is 21.1. The number of piperidine rings is 2. The molecule has 3 aliphatic rings. The Balaban J connectivity index is 1.33. The van der Waals surface area contributed by atoms with Crippen LogP contribution in [0.15, 0.2) is 30.5 Å². The molecule has 3 amide bonds. The molecule has 244 valence electrons. The molecule has 0 spiro atoms. The van der Waals surface area contributed by atoms with Gasteiger partial charge in [0.1, 0.15) is 23.5 Å². The van der Waals surface area contributed by atoms with Crippen molar-refractivity contribution < 1.29 is 33.7 Å². The first-order valence-electron chi connectivity index (χ1n) is 15.6. The maximum absolute atomic E-state index is 15.5. The van der Waals surface area contributed by atoms with Crippen LogP contribution in [0.2, 0.25) is 0 Å². The summed E-state index contributed by atoms with van der Waals surface area (Å²) in [6, 6.07) is 4.05. The number of aromatic nitrogens is 1. The molecule has 2 saturated heterocycles. The molecule has 12 heteroatoms. The number of hydrogen-bond donors (Lipinski definition) is 4. The number of carbonyl (C=O) groups is 3. The lowest BCUT2D eigenvalue weighted by molar-refractivity contribution is -0.132. The van der Waals surface area contributed by atoms with Crippen molar-refractivity contribution in [3.63, 3.8) is 0 Å². The molecule has 3 fully saturated rings. The minimum Gasteiger partial charge on any atom is -0.444 e. The average molecular weight is 626 g/mol. The van der Waals surface area contributed by atoms with E-state index in [-0.39, 0.29) is 30.6 Å². The molecule has 1 aliphatic carbocycles. The Kier molecular flexibility index (Phi) is 9.21. The number of amides is 3. The van der Waals surface area contributed by atoms with Crippen molar-refractivity contribution in [2.45, 2.75) is 95.2 Å². The van der Waals surface area contributed by atoms with E-state index in [9.17, 15) is 24.6 Å². The molecule has 3 heterocycles. The smallest absolute Gasteiger partial charge is 0.411 e. The summed E-state index contributed by atoms with van der Waals surface area (Å²) in [6.45, 7) is 6.38. The number of pyridine rings is 1. The minimum absolute atomic E-state index is 0.0609. The van der Waals surface area contributed by atoms with Crippen LogP contribution in [-0.4, -0.2) is 86.8 Å². The number of nitrogens with two attached hydrogens (primary N) is 1. The largest absolute Gasteiger partial charge is 0.444 e. The van der Waals surface area contributed by atoms with E-state index in [4.69, 9.17) is 10.5 Å². The van der Waals surface area contributed by atoms with Crippen LogP contribution in [0, 0.1) is 11.7 Å². The normalized spacial score (nSPS) is 23.5. The standard InChI is InChI=1S/C33H44FN5O6/c1-32(2,3)45-31(43)39-23-8-7-21(13-23)28(39)30(42)37-27(29(35)41)15-19-5-6-20(14-25(19)34)26-16-24(22(18-40)17-36-26)33(44)9-11-38(4)12-10-33/h5-6,14,16-17,21,23,27-28,40,44H,7-13,15,18H2,1-4H3,(H2,35,41)(H,37,42)/t21-,23+,27-,28-/m0/s1. The van der Waals surface area contributed by atoms with E-state index < -0.39 is 47.0 Å². The van der Waals surface area contributed by atoms with Crippen molar-refractivity contribution >= 4 is 17.9 Å². The van der Waals surface area contributed by atoms with Gasteiger partial charge in [-0.15, -0.1) is 0 Å². The van der Waals surface area contributed by atoms with Crippen molar-refractivity contribution in [1.82, 2.24) is 20.1 Å². The summed E-state index contributed by atoms with van der Waals surface area (Å²) in [5.74, 6) is -2.01. The molecule has 2 aliphatic heterocycles. The number of fused-ring (bicyclic) bond motifs is 2. The molecule has 45 heavy (non-hydrogen) atoms.